The van der Waals surface area contributed by atoms with Crippen molar-refractivity contribution in [3.05, 3.63) is 65.2 Å². The Kier molecular flexibility index (Phi) is 6.70. The van der Waals surface area contributed by atoms with Crippen LogP contribution in [0.5, 0.6) is 0 Å². The minimum atomic E-state index is 0.686. The van der Waals surface area contributed by atoms with Gasteiger partial charge in [0.25, 0.3) is 0 Å². The zero-order chi connectivity index (χ0) is 16.7. The Morgan fingerprint density at radius 1 is 1.00 bits per heavy atom. The first-order valence-corrected chi connectivity index (χ1v) is 9.14. The maximum absolute atomic E-state index is 3.60. The molecule has 0 radical (unpaired) electrons. The average Bonchev–Trinajstić information content (AvgIpc) is 2.80. The van der Waals surface area contributed by atoms with Crippen molar-refractivity contribution in [3.8, 4) is 0 Å². The number of fused-ring (bicyclic) bond motifs is 1. The van der Waals surface area contributed by atoms with E-state index in [1.807, 2.05) is 13.8 Å². The predicted octanol–water partition coefficient (Wildman–Crippen LogP) is 6.25. The van der Waals surface area contributed by atoms with E-state index in [0.29, 0.717) is 11.8 Å². The van der Waals surface area contributed by atoms with Crippen molar-refractivity contribution in [2.45, 2.75) is 52.9 Å². The van der Waals surface area contributed by atoms with E-state index in [4.69, 9.17) is 0 Å². The molecule has 1 aliphatic rings. The summed E-state index contributed by atoms with van der Waals surface area (Å²) in [6.45, 7) is 9.81. The molecule has 1 N–H and O–H groups in total. The highest BCUT2D eigenvalue weighted by molar-refractivity contribution is 5.55. The molecule has 0 saturated carbocycles. The van der Waals surface area contributed by atoms with Crippen molar-refractivity contribution in [2.24, 2.45) is 5.92 Å². The second-order valence-electron chi connectivity index (χ2n) is 6.50. The van der Waals surface area contributed by atoms with Gasteiger partial charge in [-0.1, -0.05) is 70.2 Å². The molecule has 0 saturated heterocycles. The maximum Gasteiger partial charge on any atom is 0.0375 e. The van der Waals surface area contributed by atoms with E-state index >= 15 is 0 Å². The van der Waals surface area contributed by atoms with Crippen LogP contribution in [0.3, 0.4) is 0 Å². The van der Waals surface area contributed by atoms with Gasteiger partial charge in [-0.05, 0) is 53.9 Å². The Hall–Kier alpha value is -1.76. The zero-order valence-corrected chi connectivity index (χ0v) is 15.1. The maximum atomic E-state index is 3.60. The standard InChI is InChI=1S/C20H25N.C2H6/c1-15(2)18-9-6-12-21-20-11-10-17(14-19(18)20)13-16-7-4-3-5-8-16;1-2/h3-5,7-8,10-11,14-15,18,21H,6,9,12-13H2,1-2H3;1-2H3. The molecule has 1 aliphatic heterocycles. The van der Waals surface area contributed by atoms with Crippen LogP contribution in [0.4, 0.5) is 5.69 Å². The van der Waals surface area contributed by atoms with Gasteiger partial charge in [0, 0.05) is 12.2 Å². The summed E-state index contributed by atoms with van der Waals surface area (Å²) in [5, 5.41) is 3.60. The number of benzene rings is 2. The van der Waals surface area contributed by atoms with Crippen molar-refractivity contribution in [3.63, 3.8) is 0 Å². The van der Waals surface area contributed by atoms with Crippen LogP contribution in [-0.4, -0.2) is 6.54 Å². The van der Waals surface area contributed by atoms with Crippen molar-refractivity contribution in [1.29, 1.82) is 0 Å². The molecule has 23 heavy (non-hydrogen) atoms. The number of rotatable bonds is 3. The highest BCUT2D eigenvalue weighted by atomic mass is 14.9. The monoisotopic (exact) mass is 309 g/mol. The lowest BCUT2D eigenvalue weighted by Gasteiger charge is -2.22. The van der Waals surface area contributed by atoms with Gasteiger partial charge in [0.1, 0.15) is 0 Å². The van der Waals surface area contributed by atoms with Gasteiger partial charge in [-0.25, -0.2) is 0 Å². The minimum Gasteiger partial charge on any atom is -0.385 e. The molecule has 0 aromatic heterocycles. The lowest BCUT2D eigenvalue weighted by molar-refractivity contribution is 0.467. The van der Waals surface area contributed by atoms with E-state index in [9.17, 15) is 0 Å². The van der Waals surface area contributed by atoms with E-state index in [-0.39, 0.29) is 0 Å². The van der Waals surface area contributed by atoms with E-state index in [0.717, 1.165) is 13.0 Å². The molecule has 1 heterocycles. The molecule has 124 valence electrons. The molecule has 1 heteroatoms. The van der Waals surface area contributed by atoms with E-state index in [1.54, 1.807) is 0 Å². The van der Waals surface area contributed by atoms with Gasteiger partial charge in [-0.3, -0.25) is 0 Å². The van der Waals surface area contributed by atoms with Gasteiger partial charge in [0.15, 0.2) is 0 Å². The fourth-order valence-electron chi connectivity index (χ4n) is 3.41. The summed E-state index contributed by atoms with van der Waals surface area (Å²) in [6.07, 6.45) is 3.59. The molecule has 2 aromatic rings. The van der Waals surface area contributed by atoms with Crippen molar-refractivity contribution >= 4 is 5.69 Å². The summed E-state index contributed by atoms with van der Waals surface area (Å²) < 4.78 is 0. The molecule has 2 aromatic carbocycles. The van der Waals surface area contributed by atoms with E-state index < -0.39 is 0 Å². The molecule has 0 aliphatic carbocycles. The van der Waals surface area contributed by atoms with Crippen LogP contribution in [0.1, 0.15) is 63.1 Å². The van der Waals surface area contributed by atoms with Gasteiger partial charge in [-0.15, -0.1) is 0 Å². The molecular weight excluding hydrogens is 278 g/mol. The SMILES string of the molecule is CC.CC(C)C1CCCNc2ccc(Cc3ccccc3)cc21. The summed E-state index contributed by atoms with van der Waals surface area (Å²) in [5.74, 6) is 1.39. The first-order chi connectivity index (χ1) is 11.2. The fraction of sp³-hybridized carbons (Fsp3) is 0.455. The number of nitrogens with one attached hydrogen (secondary N) is 1. The Labute approximate surface area is 142 Å². The molecule has 3 rings (SSSR count). The van der Waals surface area contributed by atoms with Crippen LogP contribution >= 0.6 is 0 Å². The molecular formula is C22H31N. The summed E-state index contributed by atoms with van der Waals surface area (Å²) in [4.78, 5) is 0. The lowest BCUT2D eigenvalue weighted by atomic mass is 9.83. The number of hydrogen-bond donors (Lipinski definition) is 1. The molecule has 0 spiro atoms. The minimum absolute atomic E-state index is 0.686. The summed E-state index contributed by atoms with van der Waals surface area (Å²) in [5.41, 5.74) is 5.69. The first kappa shape index (κ1) is 17.6. The Balaban J connectivity index is 0.000000924. The highest BCUT2D eigenvalue weighted by Gasteiger charge is 2.21. The highest BCUT2D eigenvalue weighted by Crippen LogP contribution is 2.37. The largest absolute Gasteiger partial charge is 0.385 e. The lowest BCUT2D eigenvalue weighted by Crippen LogP contribution is -2.07. The fourth-order valence-corrected chi connectivity index (χ4v) is 3.41. The van der Waals surface area contributed by atoms with Crippen LogP contribution in [0.15, 0.2) is 48.5 Å². The topological polar surface area (TPSA) is 12.0 Å². The van der Waals surface area contributed by atoms with Crippen LogP contribution in [-0.2, 0) is 6.42 Å². The Morgan fingerprint density at radius 2 is 1.74 bits per heavy atom. The summed E-state index contributed by atoms with van der Waals surface area (Å²) in [6, 6.07) is 17.8. The van der Waals surface area contributed by atoms with Crippen LogP contribution in [0, 0.1) is 5.92 Å². The second-order valence-corrected chi connectivity index (χ2v) is 6.50. The quantitative estimate of drug-likeness (QED) is 0.706. The molecule has 1 nitrogen and oxygen atoms in total. The number of hydrogen-bond acceptors (Lipinski definition) is 1. The Morgan fingerprint density at radius 3 is 2.43 bits per heavy atom. The van der Waals surface area contributed by atoms with Gasteiger partial charge in [-0.2, -0.15) is 0 Å². The van der Waals surface area contributed by atoms with E-state index in [2.05, 4.69) is 67.7 Å². The molecule has 1 unspecified atom stereocenters. The third kappa shape index (κ3) is 4.60. The third-order valence-electron chi connectivity index (χ3n) is 4.58. The average molecular weight is 309 g/mol. The molecule has 0 fully saturated rings. The molecule has 1 atom stereocenters. The summed E-state index contributed by atoms with van der Waals surface area (Å²) >= 11 is 0. The first-order valence-electron chi connectivity index (χ1n) is 9.14. The predicted molar refractivity (Wildman–Crippen MR) is 102 cm³/mol. The van der Waals surface area contributed by atoms with Gasteiger partial charge >= 0.3 is 0 Å². The summed E-state index contributed by atoms with van der Waals surface area (Å²) in [7, 11) is 0. The van der Waals surface area contributed by atoms with Crippen molar-refractivity contribution < 1.29 is 0 Å². The van der Waals surface area contributed by atoms with Crippen LogP contribution < -0.4 is 5.32 Å². The van der Waals surface area contributed by atoms with Crippen molar-refractivity contribution in [1.82, 2.24) is 0 Å². The second kappa shape index (κ2) is 8.76. The molecule has 0 amide bonds. The Bertz CT molecular complexity index is 586. The third-order valence-corrected chi connectivity index (χ3v) is 4.58. The zero-order valence-electron chi connectivity index (χ0n) is 15.1. The molecule has 0 bridgehead atoms. The normalized spacial score (nSPS) is 16.7. The smallest absolute Gasteiger partial charge is 0.0375 e. The van der Waals surface area contributed by atoms with E-state index in [1.165, 1.54) is 35.2 Å². The number of anilines is 1. The van der Waals surface area contributed by atoms with Gasteiger partial charge in [0.2, 0.25) is 0 Å². The van der Waals surface area contributed by atoms with Crippen molar-refractivity contribution in [2.75, 3.05) is 11.9 Å². The van der Waals surface area contributed by atoms with Crippen LogP contribution in [0.2, 0.25) is 0 Å². The van der Waals surface area contributed by atoms with Gasteiger partial charge in [0.05, 0.1) is 0 Å². The van der Waals surface area contributed by atoms with Gasteiger partial charge < -0.3 is 5.32 Å². The van der Waals surface area contributed by atoms with Crippen LogP contribution in [0.25, 0.3) is 0 Å².